The lowest BCUT2D eigenvalue weighted by Crippen LogP contribution is -2.48. The first-order valence-corrected chi connectivity index (χ1v) is 40.3. The van der Waals surface area contributed by atoms with E-state index in [0.717, 1.165) is 191 Å². The van der Waals surface area contributed by atoms with E-state index in [-0.39, 0.29) is 57.9 Å². The number of hydrogen-bond donors (Lipinski definition) is 4. The molecule has 3 saturated heterocycles. The normalized spacial score (nSPS) is 18.0. The summed E-state index contributed by atoms with van der Waals surface area (Å²) in [6, 6.07) is 23.4. The maximum absolute atomic E-state index is 15.3. The first kappa shape index (κ1) is 80.5. The van der Waals surface area contributed by atoms with Gasteiger partial charge in [0.1, 0.15) is 57.5 Å². The van der Waals surface area contributed by atoms with Crippen LogP contribution in [0, 0.1) is 47.9 Å². The van der Waals surface area contributed by atoms with Crippen LogP contribution in [-0.2, 0) is 42.4 Å². The summed E-state index contributed by atoms with van der Waals surface area (Å²) in [6.45, 7) is 47.0. The SMILES string of the molecule is C.CCN1CCN(Cc2ccc(Nc3ncc(F)c(-c4cc(F)c5nc6n(c5c4)C(C)(C)C(C)(C)C6)n3)nc2)CC1.Cc1cc(-c2nc(Nc3ccc(N4CCN(C(C)C)CC4)cn3)ncc2F)cc2c1nc1n2C(C)(C)CC1.Cc1cc(-c2nc(Nc3ccc(N4CCNCC4)cn3)ncc2F)cc2c1nc1n2C(C)(C)C(C)(C)C1. The van der Waals surface area contributed by atoms with Crippen LogP contribution < -0.4 is 31.1 Å². The van der Waals surface area contributed by atoms with Gasteiger partial charge in [-0.05, 0) is 176 Å². The molecule has 6 aliphatic rings. The van der Waals surface area contributed by atoms with Gasteiger partial charge in [0.15, 0.2) is 23.3 Å². The van der Waals surface area contributed by atoms with Crippen molar-refractivity contribution in [3.63, 3.8) is 0 Å². The van der Waals surface area contributed by atoms with Gasteiger partial charge in [0, 0.05) is 150 Å². The molecule has 9 aromatic heterocycles. The summed E-state index contributed by atoms with van der Waals surface area (Å²) in [7, 11) is 0. The molecule has 0 aliphatic carbocycles. The Hall–Kier alpha value is -10.7. The van der Waals surface area contributed by atoms with E-state index in [0.29, 0.717) is 63.1 Å². The first-order valence-electron chi connectivity index (χ1n) is 40.3. The summed E-state index contributed by atoms with van der Waals surface area (Å²) in [5.74, 6) is 3.54. The topological polar surface area (TPSA) is 234 Å². The van der Waals surface area contributed by atoms with Crippen LogP contribution in [0.15, 0.2) is 110 Å². The molecule has 24 nitrogen and oxygen atoms in total. The highest BCUT2D eigenvalue weighted by Gasteiger charge is 2.49. The van der Waals surface area contributed by atoms with E-state index in [1.807, 2.05) is 87.0 Å². The van der Waals surface area contributed by atoms with Gasteiger partial charge in [-0.3, -0.25) is 9.80 Å². The zero-order valence-electron chi connectivity index (χ0n) is 68.7. The number of anilines is 8. The second-order valence-corrected chi connectivity index (χ2v) is 34.8. The number of aryl methyl sites for hydroxylation is 3. The van der Waals surface area contributed by atoms with Gasteiger partial charge in [0.25, 0.3) is 0 Å². The molecule has 0 saturated carbocycles. The number of hydrogen-bond acceptors (Lipinski definition) is 21. The second-order valence-electron chi connectivity index (χ2n) is 34.8. The lowest BCUT2D eigenvalue weighted by molar-refractivity contribution is 0.132. The van der Waals surface area contributed by atoms with Gasteiger partial charge in [-0.2, -0.15) is 0 Å². The Balaban J connectivity index is 0.000000136. The molecule has 0 atom stereocenters. The minimum absolute atomic E-state index is 0. The van der Waals surface area contributed by atoms with Crippen LogP contribution in [0.4, 0.5) is 64.2 Å². The van der Waals surface area contributed by atoms with Gasteiger partial charge in [0.05, 0.1) is 69.9 Å². The minimum atomic E-state index is -0.628. The molecule has 15 heterocycles. The number of pyridine rings is 3. The molecule has 28 heteroatoms. The number of rotatable bonds is 15. The summed E-state index contributed by atoms with van der Waals surface area (Å²) in [4.78, 5) is 66.1. The fraction of sp³-hybridized carbons (Fsp3) is 0.455. The van der Waals surface area contributed by atoms with Crippen LogP contribution in [0.5, 0.6) is 0 Å². The molecule has 18 rings (SSSR count). The second kappa shape index (κ2) is 31.4. The molecule has 0 unspecified atom stereocenters. The summed E-state index contributed by atoms with van der Waals surface area (Å²) in [5.41, 5.74) is 12.1. The number of nitrogens with zero attached hydrogens (tertiary/aromatic N) is 20. The highest BCUT2D eigenvalue weighted by molar-refractivity contribution is 5.88. The van der Waals surface area contributed by atoms with Crippen LogP contribution in [-0.4, -0.2) is 179 Å². The van der Waals surface area contributed by atoms with Crippen molar-refractivity contribution in [3.8, 4) is 33.8 Å². The van der Waals surface area contributed by atoms with E-state index < -0.39 is 23.3 Å². The smallest absolute Gasteiger partial charge is 0.229 e. The largest absolute Gasteiger partial charge is 0.368 e. The Morgan fingerprint density at radius 3 is 1.31 bits per heavy atom. The van der Waals surface area contributed by atoms with E-state index in [2.05, 4.69) is 205 Å². The Morgan fingerprint density at radius 1 is 0.440 bits per heavy atom. The van der Waals surface area contributed by atoms with Crippen molar-refractivity contribution >= 4 is 79.8 Å². The molecule has 4 N–H and O–H groups in total. The van der Waals surface area contributed by atoms with Crippen molar-refractivity contribution in [3.05, 3.63) is 167 Å². The highest BCUT2D eigenvalue weighted by atomic mass is 19.1. The predicted molar refractivity (Wildman–Crippen MR) is 454 cm³/mol. The first-order chi connectivity index (χ1) is 54.9. The zero-order valence-corrected chi connectivity index (χ0v) is 68.7. The maximum atomic E-state index is 15.3. The average Bonchev–Trinajstić information content (AvgIpc) is 1.56. The Kier molecular flexibility index (Phi) is 21.8. The molecule has 116 heavy (non-hydrogen) atoms. The van der Waals surface area contributed by atoms with Gasteiger partial charge in [-0.1, -0.05) is 48.1 Å². The summed E-state index contributed by atoms with van der Waals surface area (Å²) in [5, 5.41) is 12.7. The van der Waals surface area contributed by atoms with E-state index in [1.54, 1.807) is 6.07 Å². The Morgan fingerprint density at radius 2 is 0.862 bits per heavy atom. The predicted octanol–water partition coefficient (Wildman–Crippen LogP) is 16.1. The third-order valence-corrected chi connectivity index (χ3v) is 25.3. The molecule has 3 fully saturated rings. The van der Waals surface area contributed by atoms with Gasteiger partial charge in [-0.25, -0.2) is 77.4 Å². The lowest BCUT2D eigenvalue weighted by Gasteiger charge is -2.38. The molecular weight excluding hydrogens is 1470 g/mol. The van der Waals surface area contributed by atoms with Crippen molar-refractivity contribution in [2.45, 2.75) is 166 Å². The standard InChI is InChI=1S/C30H36F2N8.C29H35FN8.C28H33FN8.CH4/c1-6-38-9-11-39(12-10-38)18-19-7-8-24(33-16-19)35-28-34-17-22(32)26(37-28)20-13-21(31)27-23(14-20)40-25(36-27)15-29(2,3)30(40,4)5;1-18(2)36-10-12-37(13-11-36)21-6-7-24(31-16-21)33-28-32-17-22(30)27(35-28)20-14-19(3)26-23(15-20)38-25(34-26)8-9-29(38,4)5;1-17-12-18(13-21-24(17)34-23-14-27(2,3)28(4,5)37(21)23)25-20(29)16-32-26(35-25)33-22-7-6-19(15-31-22)36-10-8-30-9-11-36;/h7-8,13-14,16-17H,6,9-12,15,18H2,1-5H3,(H,33,34,35,37);6-7,14-18H,8-13H2,1-5H3,(H,31,32,33,35);6-7,12-13,15-16,30H,8-11,14H2,1-5H3,(H,31,32,33,35);1H4. The molecule has 3 aromatic carbocycles. The van der Waals surface area contributed by atoms with Crippen LogP contribution in [0.1, 0.15) is 138 Å². The summed E-state index contributed by atoms with van der Waals surface area (Å²) < 4.78 is 67.1. The molecule has 12 aromatic rings. The quantitative estimate of drug-likeness (QED) is 0.0699. The lowest BCUT2D eigenvalue weighted by atomic mass is 9.75. The van der Waals surface area contributed by atoms with Crippen molar-refractivity contribution in [1.29, 1.82) is 0 Å². The van der Waals surface area contributed by atoms with Gasteiger partial charge in [-0.15, -0.1) is 0 Å². The monoisotopic (exact) mass is 1580 g/mol. The van der Waals surface area contributed by atoms with E-state index in [4.69, 9.17) is 9.97 Å². The summed E-state index contributed by atoms with van der Waals surface area (Å²) in [6.07, 6.45) is 12.7. The molecule has 6 aliphatic heterocycles. The van der Waals surface area contributed by atoms with Crippen molar-refractivity contribution in [1.82, 2.24) is 93.5 Å². The van der Waals surface area contributed by atoms with Crippen LogP contribution in [0.2, 0.25) is 0 Å². The van der Waals surface area contributed by atoms with Crippen LogP contribution in [0.25, 0.3) is 66.9 Å². The Bertz CT molecular complexity index is 5610. The third kappa shape index (κ3) is 15.5. The molecule has 608 valence electrons. The number of piperazine rings is 3. The Labute approximate surface area is 676 Å². The van der Waals surface area contributed by atoms with Crippen LogP contribution >= 0.6 is 0 Å². The van der Waals surface area contributed by atoms with E-state index in [1.165, 1.54) is 18.5 Å². The minimum Gasteiger partial charge on any atom is -0.368 e. The fourth-order valence-corrected chi connectivity index (χ4v) is 17.1. The maximum Gasteiger partial charge on any atom is 0.229 e. The average molecular weight is 1580 g/mol. The van der Waals surface area contributed by atoms with E-state index >= 15 is 17.6 Å². The zero-order chi connectivity index (χ0) is 80.8. The number of benzene rings is 3. The highest BCUT2D eigenvalue weighted by Crippen LogP contribution is 2.51. The number of aromatic nitrogens is 15. The molecule has 0 bridgehead atoms. The van der Waals surface area contributed by atoms with Crippen molar-refractivity contribution in [2.75, 3.05) is 111 Å². The number of likely N-dealkylation sites (N-methyl/N-ethyl adjacent to an activating group) is 1. The van der Waals surface area contributed by atoms with Crippen LogP contribution in [0.3, 0.4) is 0 Å². The molecule has 0 radical (unpaired) electrons. The van der Waals surface area contributed by atoms with Gasteiger partial charge < -0.3 is 49.7 Å². The number of halogens is 4. The number of imidazole rings is 3. The van der Waals surface area contributed by atoms with Gasteiger partial charge >= 0.3 is 0 Å². The number of nitrogens with one attached hydrogen (secondary N) is 4. The van der Waals surface area contributed by atoms with Crippen molar-refractivity contribution in [2.24, 2.45) is 10.8 Å². The fourth-order valence-electron chi connectivity index (χ4n) is 17.1. The van der Waals surface area contributed by atoms with E-state index in [9.17, 15) is 0 Å². The van der Waals surface area contributed by atoms with Crippen molar-refractivity contribution < 1.29 is 17.6 Å². The molecule has 0 amide bonds. The molecule has 0 spiro atoms. The number of fused-ring (bicyclic) bond motifs is 9. The summed E-state index contributed by atoms with van der Waals surface area (Å²) >= 11 is 0. The third-order valence-electron chi connectivity index (χ3n) is 25.3. The molecular formula is C88H108F4N24. The van der Waals surface area contributed by atoms with Gasteiger partial charge in [0.2, 0.25) is 17.8 Å².